The highest BCUT2D eigenvalue weighted by molar-refractivity contribution is 5.48. The number of rotatable bonds is 0. The molecule has 2 aliphatic carbocycles. The van der Waals surface area contributed by atoms with E-state index in [1.54, 1.807) is 0 Å². The van der Waals surface area contributed by atoms with Gasteiger partial charge in [-0.1, -0.05) is 12.2 Å². The Morgan fingerprint density at radius 3 is 2.50 bits per heavy atom. The Balaban J connectivity index is 2.56. The summed E-state index contributed by atoms with van der Waals surface area (Å²) >= 11 is 0. The van der Waals surface area contributed by atoms with Crippen LogP contribution in [0.15, 0.2) is 65.1 Å². The Kier molecular flexibility index (Phi) is 1.58. The van der Waals surface area contributed by atoms with Crippen molar-refractivity contribution in [1.29, 1.82) is 0 Å². The molecule has 2 rings (SSSR count). The highest BCUT2D eigenvalue weighted by Gasteiger charge is 1.96. The van der Waals surface area contributed by atoms with E-state index in [0.29, 0.717) is 0 Å². The molecule has 0 heterocycles. The lowest BCUT2D eigenvalue weighted by molar-refractivity contribution is 1.41. The molecule has 2 aliphatic rings. The van der Waals surface area contributed by atoms with Gasteiger partial charge in [-0.15, -0.1) is 5.73 Å². The van der Waals surface area contributed by atoms with Gasteiger partial charge in [0.2, 0.25) is 0 Å². The molecule has 0 unspecified atom stereocenters. The van der Waals surface area contributed by atoms with Crippen molar-refractivity contribution >= 4 is 0 Å². The predicted molar refractivity (Wildman–Crippen MR) is 50.2 cm³/mol. The molecule has 0 spiro atoms. The molecule has 0 fully saturated rings. The molecule has 0 saturated carbocycles. The van der Waals surface area contributed by atoms with Gasteiger partial charge in [-0.25, -0.2) is 0 Å². The lowest BCUT2D eigenvalue weighted by atomic mass is 10.2. The largest absolute Gasteiger partial charge is 0.399 e. The molecule has 0 aromatic carbocycles. The first-order chi connectivity index (χ1) is 5.84. The molecule has 2 bridgehead atoms. The minimum absolute atomic E-state index is 0.771. The maximum atomic E-state index is 5.68. The van der Waals surface area contributed by atoms with Gasteiger partial charge in [0.05, 0.1) is 0 Å². The van der Waals surface area contributed by atoms with Gasteiger partial charge in [0, 0.05) is 16.8 Å². The first-order valence-corrected chi connectivity index (χ1v) is 3.85. The molecule has 0 saturated heterocycles. The topological polar surface area (TPSA) is 26.0 Å². The van der Waals surface area contributed by atoms with Crippen LogP contribution < -0.4 is 5.73 Å². The standard InChI is InChI=1S/C11H9N/c12-11-6-5-9-3-1-2-4-10(7-9)8-11/h1-6,8H,12H2. The molecule has 2 N–H and O–H groups in total. The van der Waals surface area contributed by atoms with Crippen LogP contribution in [0.3, 0.4) is 0 Å². The van der Waals surface area contributed by atoms with E-state index < -0.39 is 0 Å². The molecule has 12 heavy (non-hydrogen) atoms. The summed E-state index contributed by atoms with van der Waals surface area (Å²) in [6.07, 6.45) is 13.7. The van der Waals surface area contributed by atoms with Crippen molar-refractivity contribution in [3.8, 4) is 0 Å². The third-order valence-corrected chi connectivity index (χ3v) is 1.73. The van der Waals surface area contributed by atoms with Crippen LogP contribution in [0, 0.1) is 0 Å². The van der Waals surface area contributed by atoms with Crippen LogP contribution in [-0.2, 0) is 0 Å². The average Bonchev–Trinajstić information content (AvgIpc) is 2.35. The molecule has 58 valence electrons. The molecule has 0 amide bonds. The van der Waals surface area contributed by atoms with Crippen LogP contribution in [0.1, 0.15) is 0 Å². The zero-order valence-electron chi connectivity index (χ0n) is 6.62. The molecule has 0 aromatic heterocycles. The van der Waals surface area contributed by atoms with Gasteiger partial charge in [0.25, 0.3) is 0 Å². The van der Waals surface area contributed by atoms with E-state index in [1.165, 1.54) is 0 Å². The fraction of sp³-hybridized carbons (Fsp3) is 0. The van der Waals surface area contributed by atoms with Crippen LogP contribution in [0.5, 0.6) is 0 Å². The Morgan fingerprint density at radius 2 is 1.67 bits per heavy atom. The zero-order valence-corrected chi connectivity index (χ0v) is 6.62. The molecule has 0 aliphatic heterocycles. The highest BCUT2D eigenvalue weighted by Crippen LogP contribution is 2.12. The highest BCUT2D eigenvalue weighted by atomic mass is 14.6. The second kappa shape index (κ2) is 2.72. The van der Waals surface area contributed by atoms with Crippen molar-refractivity contribution in [3.63, 3.8) is 0 Å². The molecule has 0 atom stereocenters. The molecular weight excluding hydrogens is 146 g/mol. The first-order valence-electron chi connectivity index (χ1n) is 3.85. The molecule has 1 nitrogen and oxygen atoms in total. The van der Waals surface area contributed by atoms with Crippen LogP contribution in [0.4, 0.5) is 0 Å². The van der Waals surface area contributed by atoms with Gasteiger partial charge in [-0.05, 0) is 30.4 Å². The summed E-state index contributed by atoms with van der Waals surface area (Å²) in [6.45, 7) is 0. The van der Waals surface area contributed by atoms with Crippen LogP contribution in [-0.4, -0.2) is 0 Å². The van der Waals surface area contributed by atoms with Gasteiger partial charge in [-0.2, -0.15) is 0 Å². The lowest BCUT2D eigenvalue weighted by Crippen LogP contribution is -1.91. The summed E-state index contributed by atoms with van der Waals surface area (Å²) in [4.78, 5) is 0. The second-order valence-electron chi connectivity index (χ2n) is 2.73. The molecular formula is C11H9N. The summed E-state index contributed by atoms with van der Waals surface area (Å²) < 4.78 is 0. The fourth-order valence-electron chi connectivity index (χ4n) is 1.16. The van der Waals surface area contributed by atoms with Crippen molar-refractivity contribution in [2.45, 2.75) is 0 Å². The number of hydrogen-bond acceptors (Lipinski definition) is 1. The van der Waals surface area contributed by atoms with E-state index in [9.17, 15) is 0 Å². The summed E-state index contributed by atoms with van der Waals surface area (Å²) in [6, 6.07) is 0. The monoisotopic (exact) mass is 155 g/mol. The fourth-order valence-corrected chi connectivity index (χ4v) is 1.16. The maximum absolute atomic E-state index is 5.68. The average molecular weight is 155 g/mol. The van der Waals surface area contributed by atoms with E-state index in [4.69, 9.17) is 5.73 Å². The van der Waals surface area contributed by atoms with Crippen molar-refractivity contribution in [3.05, 3.63) is 65.1 Å². The van der Waals surface area contributed by atoms with Crippen LogP contribution >= 0.6 is 0 Å². The molecule has 0 aromatic rings. The Bertz CT molecular complexity index is 383. The maximum Gasteiger partial charge on any atom is 0.0326 e. The first kappa shape index (κ1) is 6.96. The minimum Gasteiger partial charge on any atom is -0.399 e. The summed E-state index contributed by atoms with van der Waals surface area (Å²) in [7, 11) is 0. The number of nitrogens with two attached hydrogens (primary N) is 1. The Hall–Kier alpha value is -1.72. The van der Waals surface area contributed by atoms with Gasteiger partial charge in [0.1, 0.15) is 0 Å². The smallest absolute Gasteiger partial charge is 0.0326 e. The van der Waals surface area contributed by atoms with Gasteiger partial charge >= 0.3 is 0 Å². The third-order valence-electron chi connectivity index (χ3n) is 1.73. The van der Waals surface area contributed by atoms with Gasteiger partial charge < -0.3 is 5.73 Å². The normalized spacial score (nSPS) is 19.2. The lowest BCUT2D eigenvalue weighted by Gasteiger charge is -1.90. The van der Waals surface area contributed by atoms with Crippen molar-refractivity contribution in [2.24, 2.45) is 5.73 Å². The quantitative estimate of drug-likeness (QED) is 0.532. The van der Waals surface area contributed by atoms with E-state index in [1.807, 2.05) is 42.5 Å². The van der Waals surface area contributed by atoms with Crippen molar-refractivity contribution in [2.75, 3.05) is 0 Å². The predicted octanol–water partition coefficient (Wildman–Crippen LogP) is 1.98. The van der Waals surface area contributed by atoms with E-state index >= 15 is 0 Å². The van der Waals surface area contributed by atoms with E-state index in [0.717, 1.165) is 16.8 Å². The molecule has 0 radical (unpaired) electrons. The Labute approximate surface area is 71.6 Å². The molecule has 1 heteroatoms. The van der Waals surface area contributed by atoms with E-state index in [-0.39, 0.29) is 0 Å². The second-order valence-corrected chi connectivity index (χ2v) is 2.73. The van der Waals surface area contributed by atoms with Gasteiger partial charge in [0.15, 0.2) is 0 Å². The number of hydrogen-bond donors (Lipinski definition) is 1. The summed E-state index contributed by atoms with van der Waals surface area (Å²) in [5.41, 5.74) is 11.8. The van der Waals surface area contributed by atoms with Crippen LogP contribution in [0.2, 0.25) is 0 Å². The van der Waals surface area contributed by atoms with Gasteiger partial charge in [-0.3, -0.25) is 0 Å². The van der Waals surface area contributed by atoms with Crippen LogP contribution in [0.25, 0.3) is 0 Å². The summed E-state index contributed by atoms with van der Waals surface area (Å²) in [5.74, 6) is 0. The minimum atomic E-state index is 0.771. The Morgan fingerprint density at radius 1 is 0.917 bits per heavy atom. The SMILES string of the molecule is NC1=CC2=C=C(C=CC=C2)C=C1. The van der Waals surface area contributed by atoms with Crippen molar-refractivity contribution in [1.82, 2.24) is 0 Å². The number of allylic oxidation sites excluding steroid dienone is 8. The third kappa shape index (κ3) is 1.31. The van der Waals surface area contributed by atoms with E-state index in [2.05, 4.69) is 5.73 Å². The zero-order chi connectivity index (χ0) is 8.39. The van der Waals surface area contributed by atoms with Crippen molar-refractivity contribution < 1.29 is 0 Å². The summed E-state index contributed by atoms with van der Waals surface area (Å²) in [5, 5.41) is 0.